The van der Waals surface area contributed by atoms with E-state index in [4.69, 9.17) is 0 Å². The summed E-state index contributed by atoms with van der Waals surface area (Å²) >= 11 is 1.81. The number of pyridine rings is 1. The molecule has 3 aromatic heterocycles. The molecular weight excluding hydrogens is 410 g/mol. The number of nitrogens with zero attached hydrogens (tertiary/aromatic N) is 4. The van der Waals surface area contributed by atoms with E-state index in [9.17, 15) is 9.59 Å². The van der Waals surface area contributed by atoms with Crippen LogP contribution in [-0.2, 0) is 24.3 Å². The first-order chi connectivity index (χ1) is 15.1. The summed E-state index contributed by atoms with van der Waals surface area (Å²) in [5.41, 5.74) is 3.33. The quantitative estimate of drug-likeness (QED) is 0.536. The fraction of sp³-hybridized carbons (Fsp3) is 0.217. The van der Waals surface area contributed by atoms with E-state index in [2.05, 4.69) is 31.6 Å². The number of aromatic nitrogens is 3. The Hall–Kier alpha value is -3.52. The van der Waals surface area contributed by atoms with Gasteiger partial charge >= 0.3 is 0 Å². The number of anilines is 2. The number of nitrogens with one attached hydrogen (secondary N) is 1. The Morgan fingerprint density at radius 1 is 1.19 bits per heavy atom. The number of thiophene rings is 1. The van der Waals surface area contributed by atoms with Gasteiger partial charge in [0.2, 0.25) is 5.91 Å². The smallest absolute Gasteiger partial charge is 0.261 e. The van der Waals surface area contributed by atoms with Crippen LogP contribution in [0.15, 0.2) is 59.1 Å². The fourth-order valence-corrected chi connectivity index (χ4v) is 4.79. The number of amides is 1. The van der Waals surface area contributed by atoms with E-state index < -0.39 is 0 Å². The molecule has 5 rings (SSSR count). The van der Waals surface area contributed by atoms with Crippen molar-refractivity contribution in [1.82, 2.24) is 14.5 Å². The van der Waals surface area contributed by atoms with Gasteiger partial charge in [0.1, 0.15) is 12.4 Å². The van der Waals surface area contributed by atoms with Crippen molar-refractivity contribution in [2.75, 3.05) is 16.8 Å². The highest BCUT2D eigenvalue weighted by atomic mass is 32.1. The van der Waals surface area contributed by atoms with Crippen LogP contribution in [0, 0.1) is 6.92 Å². The summed E-state index contributed by atoms with van der Waals surface area (Å²) < 4.78 is 1.32. The zero-order valence-electron chi connectivity index (χ0n) is 17.0. The molecule has 0 spiro atoms. The maximum atomic E-state index is 12.7. The van der Waals surface area contributed by atoms with Gasteiger partial charge in [-0.3, -0.25) is 14.2 Å². The third kappa shape index (κ3) is 3.82. The summed E-state index contributed by atoms with van der Waals surface area (Å²) in [6.45, 7) is 3.59. The molecule has 1 N–H and O–H groups in total. The first kappa shape index (κ1) is 19.4. The number of aryl methyl sites for hydroxylation is 1. The lowest BCUT2D eigenvalue weighted by Gasteiger charge is -2.28. The van der Waals surface area contributed by atoms with E-state index >= 15 is 0 Å². The molecule has 4 aromatic rings. The summed E-state index contributed by atoms with van der Waals surface area (Å²) in [4.78, 5) is 37.7. The van der Waals surface area contributed by atoms with Crippen LogP contribution in [0.3, 0.4) is 0 Å². The summed E-state index contributed by atoms with van der Waals surface area (Å²) in [6, 6.07) is 11.4. The third-order valence-corrected chi connectivity index (χ3v) is 6.56. The molecule has 1 aliphatic rings. The van der Waals surface area contributed by atoms with Crippen molar-refractivity contribution in [3.63, 3.8) is 0 Å². The lowest BCUT2D eigenvalue weighted by atomic mass is 10.1. The van der Waals surface area contributed by atoms with Crippen molar-refractivity contribution in [3.8, 4) is 0 Å². The van der Waals surface area contributed by atoms with Gasteiger partial charge in [0.25, 0.3) is 5.56 Å². The van der Waals surface area contributed by atoms with Crippen molar-refractivity contribution >= 4 is 39.7 Å². The highest BCUT2D eigenvalue weighted by molar-refractivity contribution is 7.10. The van der Waals surface area contributed by atoms with Crippen LogP contribution < -0.4 is 15.8 Å². The van der Waals surface area contributed by atoms with Gasteiger partial charge in [-0.2, -0.15) is 0 Å². The van der Waals surface area contributed by atoms with Crippen molar-refractivity contribution in [2.45, 2.75) is 26.4 Å². The van der Waals surface area contributed by atoms with Gasteiger partial charge in [-0.1, -0.05) is 12.1 Å². The number of benzene rings is 1. The third-order valence-electron chi connectivity index (χ3n) is 5.53. The molecule has 1 amide bonds. The number of fused-ring (bicyclic) bond motifs is 2. The normalized spacial score (nSPS) is 13.3. The number of rotatable bonds is 4. The van der Waals surface area contributed by atoms with Gasteiger partial charge in [-0.15, -0.1) is 11.3 Å². The zero-order chi connectivity index (χ0) is 21.4. The molecular formula is C23H21N5O2S. The molecule has 0 bridgehead atoms. The average Bonchev–Trinajstić information content (AvgIpc) is 3.25. The van der Waals surface area contributed by atoms with Crippen molar-refractivity contribution in [1.29, 1.82) is 0 Å². The fourth-order valence-electron chi connectivity index (χ4n) is 3.90. The second-order valence-corrected chi connectivity index (χ2v) is 8.64. The highest BCUT2D eigenvalue weighted by Gasteiger charge is 2.18. The average molecular weight is 432 g/mol. The van der Waals surface area contributed by atoms with Gasteiger partial charge in [0, 0.05) is 18.0 Å². The Labute approximate surface area is 183 Å². The van der Waals surface area contributed by atoms with E-state index in [1.165, 1.54) is 21.3 Å². The Morgan fingerprint density at radius 2 is 2.10 bits per heavy atom. The maximum Gasteiger partial charge on any atom is 0.261 e. The molecule has 0 saturated carbocycles. The largest absolute Gasteiger partial charge is 0.352 e. The highest BCUT2D eigenvalue weighted by Crippen LogP contribution is 2.27. The van der Waals surface area contributed by atoms with Gasteiger partial charge in [-0.25, -0.2) is 9.97 Å². The molecule has 0 fully saturated rings. The van der Waals surface area contributed by atoms with Crippen LogP contribution in [0.4, 0.5) is 11.5 Å². The topological polar surface area (TPSA) is 80.1 Å². The molecule has 4 heterocycles. The second-order valence-electron chi connectivity index (χ2n) is 7.64. The molecule has 31 heavy (non-hydrogen) atoms. The lowest BCUT2D eigenvalue weighted by molar-refractivity contribution is -0.116. The number of carbonyl (C=O) groups excluding carboxylic acids is 1. The molecule has 0 saturated heterocycles. The molecule has 156 valence electrons. The summed E-state index contributed by atoms with van der Waals surface area (Å²) in [5.74, 6) is 0.589. The van der Waals surface area contributed by atoms with Crippen molar-refractivity contribution < 1.29 is 4.79 Å². The van der Waals surface area contributed by atoms with E-state index in [0.29, 0.717) is 16.6 Å². The molecule has 0 atom stereocenters. The molecule has 1 aliphatic heterocycles. The maximum absolute atomic E-state index is 12.7. The van der Waals surface area contributed by atoms with Gasteiger partial charge in [0.15, 0.2) is 0 Å². The monoisotopic (exact) mass is 431 g/mol. The van der Waals surface area contributed by atoms with E-state index in [1.807, 2.05) is 42.5 Å². The number of hydrogen-bond donors (Lipinski definition) is 1. The van der Waals surface area contributed by atoms with Gasteiger partial charge in [-0.05, 0) is 54.1 Å². The molecule has 1 aromatic carbocycles. The van der Waals surface area contributed by atoms with Crippen LogP contribution in [0.25, 0.3) is 10.9 Å². The molecule has 0 unspecified atom stereocenters. The number of hydrogen-bond acceptors (Lipinski definition) is 6. The Morgan fingerprint density at radius 3 is 2.94 bits per heavy atom. The van der Waals surface area contributed by atoms with Crippen LogP contribution in [0.5, 0.6) is 0 Å². The molecule has 0 aliphatic carbocycles. The van der Waals surface area contributed by atoms with Crippen molar-refractivity contribution in [3.05, 3.63) is 80.7 Å². The minimum Gasteiger partial charge on any atom is -0.352 e. The van der Waals surface area contributed by atoms with E-state index in [1.54, 1.807) is 12.3 Å². The molecule has 0 radical (unpaired) electrons. The Balaban J connectivity index is 1.27. The zero-order valence-corrected chi connectivity index (χ0v) is 17.9. The Bertz CT molecular complexity index is 1330. The predicted molar refractivity (Wildman–Crippen MR) is 123 cm³/mol. The van der Waals surface area contributed by atoms with E-state index in [0.717, 1.165) is 30.9 Å². The standard InChI is InChI=1S/C23H21N5O2S/c1-15-3-2-4-18-22(15)25-14-28(23(18)30)13-21(29)26-17-5-6-20(24-11-17)27-9-7-19-16(12-27)8-10-31-19/h2-6,8,10-11,14H,7,9,12-13H2,1H3,(H,26,29). The second kappa shape index (κ2) is 7.96. The lowest BCUT2D eigenvalue weighted by Crippen LogP contribution is -2.30. The van der Waals surface area contributed by atoms with Crippen LogP contribution in [0.1, 0.15) is 16.0 Å². The van der Waals surface area contributed by atoms with Crippen LogP contribution in [-0.4, -0.2) is 27.0 Å². The molecule has 8 heteroatoms. The van der Waals surface area contributed by atoms with Crippen LogP contribution in [0.2, 0.25) is 0 Å². The summed E-state index contributed by atoms with van der Waals surface area (Å²) in [5, 5.41) is 5.46. The van der Waals surface area contributed by atoms with Gasteiger partial charge in [0.05, 0.1) is 29.1 Å². The van der Waals surface area contributed by atoms with Crippen molar-refractivity contribution in [2.24, 2.45) is 0 Å². The Kier molecular flexibility index (Phi) is 4.99. The predicted octanol–water partition coefficient (Wildman–Crippen LogP) is 3.36. The first-order valence-corrected chi connectivity index (χ1v) is 11.0. The van der Waals surface area contributed by atoms with E-state index in [-0.39, 0.29) is 18.0 Å². The minimum atomic E-state index is -0.300. The number of carbonyl (C=O) groups is 1. The number of para-hydroxylation sites is 1. The van der Waals surface area contributed by atoms with Gasteiger partial charge < -0.3 is 10.2 Å². The minimum absolute atomic E-state index is 0.107. The summed E-state index contributed by atoms with van der Waals surface area (Å²) in [7, 11) is 0. The summed E-state index contributed by atoms with van der Waals surface area (Å²) in [6.07, 6.45) is 4.11. The molecule has 7 nitrogen and oxygen atoms in total. The van der Waals surface area contributed by atoms with Crippen LogP contribution >= 0.6 is 11.3 Å². The SMILES string of the molecule is Cc1cccc2c(=O)n(CC(=O)Nc3ccc(N4CCc5sccc5C4)nc3)cnc12. The first-order valence-electron chi connectivity index (χ1n) is 10.1.